The zero-order chi connectivity index (χ0) is 11.1. The first-order valence-corrected chi connectivity index (χ1v) is 6.13. The zero-order valence-corrected chi connectivity index (χ0v) is 8.82. The molecule has 11 heteroatoms. The van der Waals surface area contributed by atoms with E-state index in [9.17, 15) is 13.7 Å². The van der Waals surface area contributed by atoms with Gasteiger partial charge in [0.05, 0.1) is 0 Å². The van der Waals surface area contributed by atoms with Crippen molar-refractivity contribution in [1.29, 1.82) is 0 Å². The molecule has 0 aliphatic heterocycles. The van der Waals surface area contributed by atoms with E-state index in [1.807, 2.05) is 0 Å². The number of phosphoric acid groups is 1. The van der Waals surface area contributed by atoms with Crippen molar-refractivity contribution in [3.8, 4) is 0 Å². The van der Waals surface area contributed by atoms with E-state index in [2.05, 4.69) is 21.8 Å². The van der Waals surface area contributed by atoms with E-state index in [1.165, 1.54) is 0 Å². The van der Waals surface area contributed by atoms with Crippen LogP contribution < -0.4 is 0 Å². The molecule has 76 valence electrons. The van der Waals surface area contributed by atoms with Crippen LogP contribution in [0.1, 0.15) is 0 Å². The molecule has 0 bridgehead atoms. The summed E-state index contributed by atoms with van der Waals surface area (Å²) in [6, 6.07) is 0. The lowest BCUT2D eigenvalue weighted by Gasteiger charge is -1.88. The molecule has 0 aromatic rings. The molecule has 0 aromatic heterocycles. The predicted octanol–water partition coefficient (Wildman–Crippen LogP) is 1.22. The molecule has 0 aliphatic rings. The summed E-state index contributed by atoms with van der Waals surface area (Å²) in [5, 5.41) is 0. The van der Waals surface area contributed by atoms with Crippen molar-refractivity contribution in [3.63, 3.8) is 0 Å². The normalized spacial score (nSPS) is 16.2. The highest BCUT2D eigenvalue weighted by molar-refractivity contribution is 7.60. The van der Waals surface area contributed by atoms with E-state index in [4.69, 9.17) is 14.7 Å². The van der Waals surface area contributed by atoms with Crippen LogP contribution in [-0.4, -0.2) is 14.7 Å². The molecule has 0 saturated heterocycles. The second-order valence-electron chi connectivity index (χ2n) is 1.11. The van der Waals surface area contributed by atoms with Crippen molar-refractivity contribution >= 4 is 24.3 Å². The van der Waals surface area contributed by atoms with Gasteiger partial charge in [0.1, 0.15) is 0 Å². The summed E-state index contributed by atoms with van der Waals surface area (Å²) < 4.78 is 36.4. The van der Waals surface area contributed by atoms with Gasteiger partial charge in [-0.25, -0.2) is 4.57 Å². The lowest BCUT2D eigenvalue weighted by molar-refractivity contribution is 0.271. The molecule has 0 saturated carbocycles. The topological polar surface area (TPSA) is 130 Å². The summed E-state index contributed by atoms with van der Waals surface area (Å²) >= 11 is 0. The molecule has 0 heterocycles. The molecule has 0 radical (unpaired) electrons. The van der Waals surface area contributed by atoms with E-state index in [0.717, 1.165) is 0 Å². The van der Waals surface area contributed by atoms with Crippen LogP contribution in [0.15, 0.2) is 13.2 Å². The minimum atomic E-state index is -4.87. The molecular weight excluding hydrogens is 245 g/mol. The van der Waals surface area contributed by atoms with Gasteiger partial charge in [-0.1, -0.05) is 0 Å². The summed E-state index contributed by atoms with van der Waals surface area (Å²) in [6.45, 7) is 6.00. The maximum absolute atomic E-state index is 10.3. The van der Waals surface area contributed by atoms with Crippen molar-refractivity contribution in [3.05, 3.63) is 13.2 Å². The Morgan fingerprint density at radius 2 is 1.31 bits per heavy atom. The van der Waals surface area contributed by atoms with Gasteiger partial charge >= 0.3 is 24.3 Å². The minimum Gasteiger partial charge on any atom is -0.297 e. The van der Waals surface area contributed by atoms with Crippen molar-refractivity contribution in [2.75, 3.05) is 0 Å². The average molecular weight is 252 g/mol. The molecule has 2 unspecified atom stereocenters. The Morgan fingerprint density at radius 3 is 1.46 bits per heavy atom. The molecule has 0 aromatic carbocycles. The Labute approximate surface area is 75.3 Å². The maximum atomic E-state index is 10.3. The standard InChI is InChI=1S/C2H4.HO8P3/c1-2;1-9(2)7-11(5,6)8-10(3)4/h1-2H2;(H-2,1,2,3,4,5,6)/p+2. The van der Waals surface area contributed by atoms with Crippen molar-refractivity contribution in [1.82, 2.24) is 0 Å². The molecular formula is C2H7O8P3+2. The largest absolute Gasteiger partial charge is 0.705 e. The first-order chi connectivity index (χ1) is 5.83. The second kappa shape index (κ2) is 7.38. The van der Waals surface area contributed by atoms with Gasteiger partial charge in [-0.05, 0) is 0 Å². The van der Waals surface area contributed by atoms with Crippen LogP contribution in [0.3, 0.4) is 0 Å². The van der Waals surface area contributed by atoms with Crippen LogP contribution in [0, 0.1) is 0 Å². The summed E-state index contributed by atoms with van der Waals surface area (Å²) in [5.41, 5.74) is 0. The van der Waals surface area contributed by atoms with Crippen LogP contribution >= 0.6 is 24.3 Å². The molecule has 0 spiro atoms. The number of hydrogen-bond acceptors (Lipinski definition) is 5. The monoisotopic (exact) mass is 252 g/mol. The highest BCUT2D eigenvalue weighted by Gasteiger charge is 2.43. The Hall–Kier alpha value is -0.0300. The van der Waals surface area contributed by atoms with Gasteiger partial charge < -0.3 is 0 Å². The Bertz CT molecular complexity index is 216. The van der Waals surface area contributed by atoms with Gasteiger partial charge in [-0.3, -0.25) is 4.89 Å². The molecule has 13 heavy (non-hydrogen) atoms. The first kappa shape index (κ1) is 15.4. The van der Waals surface area contributed by atoms with Crippen LogP contribution in [0.4, 0.5) is 0 Å². The molecule has 8 nitrogen and oxygen atoms in total. The SMILES string of the molecule is C=C.O=[P+](O)OP(=O)(O)O[P+](=O)O. The van der Waals surface area contributed by atoms with E-state index >= 15 is 0 Å². The van der Waals surface area contributed by atoms with E-state index < -0.39 is 24.3 Å². The van der Waals surface area contributed by atoms with Gasteiger partial charge in [0.25, 0.3) is 0 Å². The molecule has 0 aliphatic carbocycles. The Kier molecular flexibility index (Phi) is 8.77. The third-order valence-electron chi connectivity index (χ3n) is 0.346. The van der Waals surface area contributed by atoms with Gasteiger partial charge in [-0.2, -0.15) is 0 Å². The molecule has 3 N–H and O–H groups in total. The Morgan fingerprint density at radius 1 is 1.08 bits per heavy atom. The lowest BCUT2D eigenvalue weighted by atomic mass is 11.3. The lowest BCUT2D eigenvalue weighted by Crippen LogP contribution is -1.81. The smallest absolute Gasteiger partial charge is 0.297 e. The van der Waals surface area contributed by atoms with Crippen molar-refractivity contribution < 1.29 is 37.0 Å². The van der Waals surface area contributed by atoms with Crippen LogP contribution in [0.25, 0.3) is 0 Å². The fourth-order valence-corrected chi connectivity index (χ4v) is 1.99. The summed E-state index contributed by atoms with van der Waals surface area (Å²) in [4.78, 5) is 24.1. The highest BCUT2D eigenvalue weighted by atomic mass is 31.3. The van der Waals surface area contributed by atoms with E-state index in [1.54, 1.807) is 0 Å². The van der Waals surface area contributed by atoms with Crippen LogP contribution in [-0.2, 0) is 22.3 Å². The minimum absolute atomic E-state index is 3.00. The molecule has 0 fully saturated rings. The second-order valence-corrected chi connectivity index (χ2v) is 4.30. The average Bonchev–Trinajstić information content (AvgIpc) is 1.85. The number of hydrogen-bond donors (Lipinski definition) is 3. The quantitative estimate of drug-likeness (QED) is 0.502. The van der Waals surface area contributed by atoms with Crippen LogP contribution in [0.2, 0.25) is 0 Å². The van der Waals surface area contributed by atoms with Crippen molar-refractivity contribution in [2.24, 2.45) is 0 Å². The third kappa shape index (κ3) is 12.0. The summed E-state index contributed by atoms with van der Waals surface area (Å²) in [6.07, 6.45) is 0. The van der Waals surface area contributed by atoms with Crippen LogP contribution in [0.5, 0.6) is 0 Å². The summed E-state index contributed by atoms with van der Waals surface area (Å²) in [7, 11) is -11.6. The predicted molar refractivity (Wildman–Crippen MR) is 42.9 cm³/mol. The number of rotatable bonds is 4. The maximum Gasteiger partial charge on any atom is 0.705 e. The van der Waals surface area contributed by atoms with Gasteiger partial charge in [0.2, 0.25) is 0 Å². The van der Waals surface area contributed by atoms with Gasteiger partial charge in [0, 0.05) is 17.8 Å². The highest BCUT2D eigenvalue weighted by Crippen LogP contribution is 2.55. The fraction of sp³-hybridized carbons (Fsp3) is 0. The van der Waals surface area contributed by atoms with Crippen molar-refractivity contribution in [2.45, 2.75) is 0 Å². The van der Waals surface area contributed by atoms with Gasteiger partial charge in [0.15, 0.2) is 0 Å². The van der Waals surface area contributed by atoms with Gasteiger partial charge in [-0.15, -0.1) is 22.9 Å². The van der Waals surface area contributed by atoms with E-state index in [-0.39, 0.29) is 0 Å². The first-order valence-electron chi connectivity index (χ1n) is 2.38. The Balaban J connectivity index is 0. The fourth-order valence-electron chi connectivity index (χ4n) is 0.191. The third-order valence-corrected chi connectivity index (χ3v) is 3.11. The zero-order valence-electron chi connectivity index (χ0n) is 6.14. The molecule has 0 amide bonds. The molecule has 2 atom stereocenters. The molecule has 0 rings (SSSR count). The van der Waals surface area contributed by atoms with E-state index in [0.29, 0.717) is 0 Å². The summed E-state index contributed by atoms with van der Waals surface area (Å²) in [5.74, 6) is 0.